The zero-order valence-corrected chi connectivity index (χ0v) is 11.5. The van der Waals surface area contributed by atoms with E-state index in [0.717, 1.165) is 11.3 Å². The molecule has 0 amide bonds. The van der Waals surface area contributed by atoms with Crippen molar-refractivity contribution in [1.82, 2.24) is 0 Å². The summed E-state index contributed by atoms with van der Waals surface area (Å²) in [6.45, 7) is 0.266. The van der Waals surface area contributed by atoms with Crippen LogP contribution in [0.25, 0.3) is 0 Å². The van der Waals surface area contributed by atoms with Gasteiger partial charge in [-0.15, -0.1) is 0 Å². The zero-order chi connectivity index (χ0) is 14.4. The van der Waals surface area contributed by atoms with Gasteiger partial charge in [0.25, 0.3) is 0 Å². The number of Topliss-reactive ketones (excluding diaryl/α,β-unsaturated/α-hetero) is 1. The minimum Gasteiger partial charge on any atom is -0.378 e. The van der Waals surface area contributed by atoms with E-state index in [9.17, 15) is 4.79 Å². The predicted octanol–water partition coefficient (Wildman–Crippen LogP) is 3.44. The van der Waals surface area contributed by atoms with Gasteiger partial charge in [0.1, 0.15) is 0 Å². The Morgan fingerprint density at radius 3 is 2.35 bits per heavy atom. The lowest BCUT2D eigenvalue weighted by Crippen LogP contribution is -2.15. The Morgan fingerprint density at radius 1 is 1.10 bits per heavy atom. The number of halogens is 1. The fourth-order valence-corrected chi connectivity index (χ4v) is 1.88. The van der Waals surface area contributed by atoms with Gasteiger partial charge in [-0.25, -0.2) is 0 Å². The van der Waals surface area contributed by atoms with Crippen LogP contribution in [0, 0.1) is 11.3 Å². The smallest absolute Gasteiger partial charge is 0.156 e. The highest BCUT2D eigenvalue weighted by Gasteiger charge is 2.04. The number of rotatable bonds is 5. The van der Waals surface area contributed by atoms with Crippen molar-refractivity contribution in [1.29, 1.82) is 5.26 Å². The number of nitriles is 1. The summed E-state index contributed by atoms with van der Waals surface area (Å²) < 4.78 is 0. The third-order valence-electron chi connectivity index (χ3n) is 2.82. The Morgan fingerprint density at radius 2 is 1.75 bits per heavy atom. The molecule has 0 aliphatic carbocycles. The van der Waals surface area contributed by atoms with Gasteiger partial charge in [0, 0.05) is 17.1 Å². The third kappa shape index (κ3) is 4.11. The number of hydrogen-bond acceptors (Lipinski definition) is 3. The van der Waals surface area contributed by atoms with Crippen LogP contribution in [0.2, 0.25) is 5.02 Å². The molecule has 0 aliphatic rings. The van der Waals surface area contributed by atoms with Crippen LogP contribution < -0.4 is 5.32 Å². The number of nitrogens with one attached hydrogen (secondary N) is 1. The zero-order valence-electron chi connectivity index (χ0n) is 10.8. The van der Waals surface area contributed by atoms with E-state index in [1.165, 1.54) is 0 Å². The molecule has 2 aromatic rings. The van der Waals surface area contributed by atoms with Crippen LogP contribution in [0.15, 0.2) is 48.5 Å². The average Bonchev–Trinajstić information content (AvgIpc) is 2.47. The number of carbonyl (C=O) groups excluding carboxylic acids is 1. The first-order valence-corrected chi connectivity index (χ1v) is 6.55. The quantitative estimate of drug-likeness (QED) is 0.915. The van der Waals surface area contributed by atoms with Crippen LogP contribution in [0.4, 0.5) is 5.69 Å². The first-order chi connectivity index (χ1) is 9.67. The molecule has 1 N–H and O–H groups in total. The summed E-state index contributed by atoms with van der Waals surface area (Å²) in [5, 5.41) is 12.4. The van der Waals surface area contributed by atoms with Crippen molar-refractivity contribution < 1.29 is 4.79 Å². The van der Waals surface area contributed by atoms with E-state index in [0.29, 0.717) is 17.0 Å². The Bertz CT molecular complexity index is 627. The van der Waals surface area contributed by atoms with Crippen molar-refractivity contribution >= 4 is 23.1 Å². The maximum absolute atomic E-state index is 11.9. The van der Waals surface area contributed by atoms with E-state index in [1.54, 1.807) is 36.4 Å². The van der Waals surface area contributed by atoms with Gasteiger partial charge in [0.2, 0.25) is 0 Å². The molecule has 0 spiro atoms. The van der Waals surface area contributed by atoms with Crippen molar-refractivity contribution in [3.63, 3.8) is 0 Å². The number of ketones is 1. The first-order valence-electron chi connectivity index (χ1n) is 6.17. The minimum atomic E-state index is 0.0876. The molecule has 2 rings (SSSR count). The lowest BCUT2D eigenvalue weighted by Gasteiger charge is -2.06. The van der Waals surface area contributed by atoms with Crippen LogP contribution in [-0.2, 0) is 11.2 Å². The highest BCUT2D eigenvalue weighted by molar-refractivity contribution is 6.30. The number of anilines is 1. The van der Waals surface area contributed by atoms with E-state index in [1.807, 2.05) is 12.1 Å². The first kappa shape index (κ1) is 14.1. The largest absolute Gasteiger partial charge is 0.378 e. The molecule has 0 unspecified atom stereocenters. The summed E-state index contributed by atoms with van der Waals surface area (Å²) in [5.41, 5.74) is 2.37. The van der Waals surface area contributed by atoms with Crippen molar-refractivity contribution in [2.24, 2.45) is 0 Å². The second-order valence-electron chi connectivity index (χ2n) is 4.38. The monoisotopic (exact) mass is 284 g/mol. The van der Waals surface area contributed by atoms with Gasteiger partial charge in [0.05, 0.1) is 18.2 Å². The molecular weight excluding hydrogens is 272 g/mol. The van der Waals surface area contributed by atoms with E-state index in [2.05, 4.69) is 11.4 Å². The van der Waals surface area contributed by atoms with E-state index in [-0.39, 0.29) is 12.3 Å². The van der Waals surface area contributed by atoms with Gasteiger partial charge < -0.3 is 5.32 Å². The molecule has 0 aliphatic heterocycles. The van der Waals surface area contributed by atoms with E-state index < -0.39 is 0 Å². The van der Waals surface area contributed by atoms with Crippen molar-refractivity contribution in [3.8, 4) is 6.07 Å². The molecule has 100 valence electrons. The van der Waals surface area contributed by atoms with E-state index in [4.69, 9.17) is 16.9 Å². The highest BCUT2D eigenvalue weighted by Crippen LogP contribution is 2.13. The highest BCUT2D eigenvalue weighted by atomic mass is 35.5. The van der Waals surface area contributed by atoms with Crippen molar-refractivity contribution in [2.45, 2.75) is 6.42 Å². The molecule has 0 atom stereocenters. The normalized spacial score (nSPS) is 9.80. The summed E-state index contributed by atoms with van der Waals surface area (Å²) in [7, 11) is 0. The number of benzene rings is 2. The maximum Gasteiger partial charge on any atom is 0.156 e. The summed E-state index contributed by atoms with van der Waals surface area (Å²) in [4.78, 5) is 11.9. The van der Waals surface area contributed by atoms with Crippen molar-refractivity contribution in [2.75, 3.05) is 11.9 Å². The van der Waals surface area contributed by atoms with Crippen LogP contribution in [-0.4, -0.2) is 12.3 Å². The Hall–Kier alpha value is -2.31. The van der Waals surface area contributed by atoms with Gasteiger partial charge in [-0.2, -0.15) is 5.26 Å². The number of hydrogen-bond donors (Lipinski definition) is 1. The van der Waals surface area contributed by atoms with Gasteiger partial charge >= 0.3 is 0 Å². The molecule has 4 heteroatoms. The Kier molecular flexibility index (Phi) is 4.75. The average molecular weight is 285 g/mol. The standard InChI is InChI=1S/C16H13ClN2O/c17-14-5-7-15(8-6-14)19-11-16(20)9-12-1-3-13(10-18)4-2-12/h1-8,19H,9,11H2. The van der Waals surface area contributed by atoms with Crippen LogP contribution >= 0.6 is 11.6 Å². The summed E-state index contributed by atoms with van der Waals surface area (Å²) in [6, 6.07) is 16.3. The lowest BCUT2D eigenvalue weighted by atomic mass is 10.1. The van der Waals surface area contributed by atoms with E-state index >= 15 is 0 Å². The summed E-state index contributed by atoms with van der Waals surface area (Å²) in [5.74, 6) is 0.0876. The van der Waals surface area contributed by atoms with Gasteiger partial charge in [0.15, 0.2) is 5.78 Å². The SMILES string of the molecule is N#Cc1ccc(CC(=O)CNc2ccc(Cl)cc2)cc1. The molecule has 0 fully saturated rings. The molecule has 3 nitrogen and oxygen atoms in total. The topological polar surface area (TPSA) is 52.9 Å². The maximum atomic E-state index is 11.9. The predicted molar refractivity (Wildman–Crippen MR) is 79.8 cm³/mol. The number of carbonyl (C=O) groups is 1. The van der Waals surface area contributed by atoms with Gasteiger partial charge in [-0.3, -0.25) is 4.79 Å². The van der Waals surface area contributed by atoms with Crippen molar-refractivity contribution in [3.05, 3.63) is 64.7 Å². The second-order valence-corrected chi connectivity index (χ2v) is 4.82. The molecular formula is C16H13ClN2O. The molecule has 0 heterocycles. The molecule has 0 saturated carbocycles. The molecule has 0 bridgehead atoms. The lowest BCUT2D eigenvalue weighted by molar-refractivity contribution is -0.116. The summed E-state index contributed by atoms with van der Waals surface area (Å²) in [6.07, 6.45) is 0.353. The minimum absolute atomic E-state index is 0.0876. The second kappa shape index (κ2) is 6.74. The fourth-order valence-electron chi connectivity index (χ4n) is 1.76. The number of nitrogens with zero attached hydrogens (tertiary/aromatic N) is 1. The van der Waals surface area contributed by atoms with Gasteiger partial charge in [-0.1, -0.05) is 23.7 Å². The van der Waals surface area contributed by atoms with Crippen LogP contribution in [0.5, 0.6) is 0 Å². The van der Waals surface area contributed by atoms with Crippen LogP contribution in [0.3, 0.4) is 0 Å². The van der Waals surface area contributed by atoms with Gasteiger partial charge in [-0.05, 0) is 42.0 Å². The molecule has 2 aromatic carbocycles. The third-order valence-corrected chi connectivity index (χ3v) is 3.07. The fraction of sp³-hybridized carbons (Fsp3) is 0.125. The molecule has 0 saturated heterocycles. The Labute approximate surface area is 122 Å². The Balaban J connectivity index is 1.86. The molecule has 0 aromatic heterocycles. The van der Waals surface area contributed by atoms with Crippen LogP contribution in [0.1, 0.15) is 11.1 Å². The summed E-state index contributed by atoms with van der Waals surface area (Å²) >= 11 is 5.79. The molecule has 0 radical (unpaired) electrons. The molecule has 20 heavy (non-hydrogen) atoms.